The number of anilines is 1. The monoisotopic (exact) mass is 363 g/mol. The van der Waals surface area contributed by atoms with Crippen LogP contribution < -0.4 is 4.90 Å². The minimum atomic E-state index is -4.76. The molecule has 1 saturated heterocycles. The summed E-state index contributed by atoms with van der Waals surface area (Å²) in [7, 11) is -4.76. The number of rotatable bonds is 3. The molecule has 1 aromatic carbocycles. The van der Waals surface area contributed by atoms with Gasteiger partial charge in [-0.1, -0.05) is 6.07 Å². The Labute approximate surface area is 124 Å². The molecule has 1 aromatic rings. The maximum Gasteiger partial charge on any atom is 0.307 e. The molecule has 0 aliphatic carbocycles. The lowest BCUT2D eigenvalue weighted by atomic mass is 10.1. The Morgan fingerprint density at radius 1 is 1.45 bits per heavy atom. The molecule has 8 heteroatoms. The first kappa shape index (κ1) is 15.1. The minimum Gasteiger partial charge on any atom is -0.310 e. The van der Waals surface area contributed by atoms with Crippen LogP contribution in [0, 0.1) is 0 Å². The Hall–Kier alpha value is -1.28. The number of benzene rings is 1. The fraction of sp³-hybridized carbons (Fsp3) is 0.333. The highest BCUT2D eigenvalue weighted by Gasteiger charge is 2.39. The lowest BCUT2D eigenvalue weighted by Crippen LogP contribution is -2.27. The van der Waals surface area contributed by atoms with Gasteiger partial charge in [0.25, 0.3) is 0 Å². The van der Waals surface area contributed by atoms with E-state index in [0.29, 0.717) is 15.7 Å². The molecule has 0 radical (unpaired) electrons. The van der Waals surface area contributed by atoms with Gasteiger partial charge in [0.2, 0.25) is 5.91 Å². The van der Waals surface area contributed by atoms with Crippen LogP contribution in [0.25, 0.3) is 0 Å². The largest absolute Gasteiger partial charge is 0.310 e. The quantitative estimate of drug-likeness (QED) is 0.608. The number of amides is 1. The highest BCUT2D eigenvalue weighted by atomic mass is 79.9. The maximum atomic E-state index is 13.0. The van der Waals surface area contributed by atoms with Crippen LogP contribution in [0.4, 0.5) is 9.57 Å². The van der Waals surface area contributed by atoms with Gasteiger partial charge in [0, 0.05) is 23.0 Å². The molecule has 1 heterocycles. The average Bonchev–Trinajstić information content (AvgIpc) is 2.71. The third kappa shape index (κ3) is 2.90. The molecule has 2 rings (SSSR count). The fourth-order valence-electron chi connectivity index (χ4n) is 2.03. The Morgan fingerprint density at radius 2 is 2.10 bits per heavy atom. The summed E-state index contributed by atoms with van der Waals surface area (Å²) in [6, 6.07) is 4.66. The molecular formula is C12H11BrFNO4S. The fourth-order valence-corrected chi connectivity index (χ4v) is 3.16. The van der Waals surface area contributed by atoms with Gasteiger partial charge in [-0.15, -0.1) is 3.89 Å². The summed E-state index contributed by atoms with van der Waals surface area (Å²) in [6.45, 7) is 1.13. The van der Waals surface area contributed by atoms with Crippen LogP contribution in [0.1, 0.15) is 23.7 Å². The second kappa shape index (κ2) is 5.25. The van der Waals surface area contributed by atoms with Gasteiger partial charge >= 0.3 is 10.2 Å². The van der Waals surface area contributed by atoms with Crippen molar-refractivity contribution in [2.75, 3.05) is 11.4 Å². The molecule has 0 aromatic heterocycles. The third-order valence-electron chi connectivity index (χ3n) is 3.13. The molecule has 20 heavy (non-hydrogen) atoms. The molecular weight excluding hydrogens is 353 g/mol. The van der Waals surface area contributed by atoms with Crippen LogP contribution in [0.5, 0.6) is 0 Å². The van der Waals surface area contributed by atoms with Crippen molar-refractivity contribution in [2.45, 2.75) is 18.6 Å². The lowest BCUT2D eigenvalue weighted by Gasteiger charge is -2.18. The SMILES string of the molecule is CC(=O)c1ccc(Br)c(N2CC(S(=O)(=O)F)CC2=O)c1. The Kier molecular flexibility index (Phi) is 3.97. The van der Waals surface area contributed by atoms with E-state index in [1.165, 1.54) is 17.9 Å². The van der Waals surface area contributed by atoms with Crippen molar-refractivity contribution in [1.29, 1.82) is 0 Å². The number of hydrogen-bond acceptors (Lipinski definition) is 4. The highest BCUT2D eigenvalue weighted by molar-refractivity contribution is 9.10. The molecule has 1 fully saturated rings. The second-order valence-corrected chi connectivity index (χ2v) is 7.00. The Balaban J connectivity index is 2.40. The molecule has 0 bridgehead atoms. The first-order chi connectivity index (χ1) is 9.20. The van der Waals surface area contributed by atoms with E-state index < -0.39 is 27.8 Å². The van der Waals surface area contributed by atoms with Crippen LogP contribution in [0.3, 0.4) is 0 Å². The van der Waals surface area contributed by atoms with E-state index in [1.807, 2.05) is 0 Å². The van der Waals surface area contributed by atoms with Gasteiger partial charge < -0.3 is 4.90 Å². The summed E-state index contributed by atoms with van der Waals surface area (Å²) in [5.74, 6) is -0.669. The molecule has 1 amide bonds. The molecule has 1 atom stereocenters. The first-order valence-corrected chi connectivity index (χ1v) is 7.98. The number of ketones is 1. The molecule has 0 saturated carbocycles. The zero-order chi connectivity index (χ0) is 15.1. The maximum absolute atomic E-state index is 13.0. The van der Waals surface area contributed by atoms with Crippen LogP contribution >= 0.6 is 15.9 Å². The number of hydrogen-bond donors (Lipinski definition) is 0. The van der Waals surface area contributed by atoms with Crippen molar-refractivity contribution in [3.8, 4) is 0 Å². The van der Waals surface area contributed by atoms with Crippen molar-refractivity contribution < 1.29 is 21.9 Å². The van der Waals surface area contributed by atoms with Crippen LogP contribution in [-0.4, -0.2) is 31.9 Å². The standard InChI is InChI=1S/C12H11BrFNO4S/c1-7(16)8-2-3-10(13)11(4-8)15-6-9(5-12(15)17)20(14,18)19/h2-4,9H,5-6H2,1H3. The summed E-state index contributed by atoms with van der Waals surface area (Å²) in [6.07, 6.45) is -0.393. The summed E-state index contributed by atoms with van der Waals surface area (Å²) in [4.78, 5) is 24.4. The van der Waals surface area contributed by atoms with E-state index in [9.17, 15) is 21.9 Å². The molecule has 1 unspecified atom stereocenters. The predicted octanol–water partition coefficient (Wildman–Crippen LogP) is 2.06. The molecule has 0 spiro atoms. The zero-order valence-electron chi connectivity index (χ0n) is 10.5. The van der Waals surface area contributed by atoms with Crippen molar-refractivity contribution in [3.63, 3.8) is 0 Å². The van der Waals surface area contributed by atoms with Crippen molar-refractivity contribution in [2.24, 2.45) is 0 Å². The van der Waals surface area contributed by atoms with Gasteiger partial charge in [-0.25, -0.2) is 0 Å². The molecule has 0 N–H and O–H groups in total. The predicted molar refractivity (Wildman–Crippen MR) is 74.9 cm³/mol. The van der Waals surface area contributed by atoms with Gasteiger partial charge in [-0.05, 0) is 35.0 Å². The Bertz CT molecular complexity index is 689. The summed E-state index contributed by atoms with van der Waals surface area (Å²) in [5.41, 5.74) is 0.761. The number of halogens is 2. The highest BCUT2D eigenvalue weighted by Crippen LogP contribution is 2.32. The van der Waals surface area contributed by atoms with E-state index in [0.717, 1.165) is 0 Å². The van der Waals surface area contributed by atoms with E-state index in [1.54, 1.807) is 12.1 Å². The summed E-state index contributed by atoms with van der Waals surface area (Å²) in [5, 5.41) is -1.36. The van der Waals surface area contributed by atoms with Gasteiger partial charge in [0.1, 0.15) is 5.25 Å². The first-order valence-electron chi connectivity index (χ1n) is 5.74. The number of nitrogens with zero attached hydrogens (tertiary/aromatic N) is 1. The number of carbonyl (C=O) groups is 2. The number of Topliss-reactive ketones (excluding diaryl/α,β-unsaturated/α-hetero) is 1. The zero-order valence-corrected chi connectivity index (χ0v) is 12.9. The summed E-state index contributed by atoms with van der Waals surface area (Å²) < 4.78 is 35.3. The van der Waals surface area contributed by atoms with Crippen molar-refractivity contribution >= 4 is 43.5 Å². The third-order valence-corrected chi connectivity index (χ3v) is 4.91. The minimum absolute atomic E-state index is 0.181. The van der Waals surface area contributed by atoms with E-state index in [-0.39, 0.29) is 12.3 Å². The van der Waals surface area contributed by atoms with E-state index in [2.05, 4.69) is 15.9 Å². The van der Waals surface area contributed by atoms with Gasteiger partial charge in [0.05, 0.1) is 5.69 Å². The van der Waals surface area contributed by atoms with Gasteiger partial charge in [-0.2, -0.15) is 8.42 Å². The van der Waals surface area contributed by atoms with Crippen LogP contribution in [0.2, 0.25) is 0 Å². The van der Waals surface area contributed by atoms with E-state index >= 15 is 0 Å². The summed E-state index contributed by atoms with van der Waals surface area (Å²) >= 11 is 3.24. The van der Waals surface area contributed by atoms with E-state index in [4.69, 9.17) is 0 Å². The van der Waals surface area contributed by atoms with Gasteiger partial charge in [-0.3, -0.25) is 9.59 Å². The smallest absolute Gasteiger partial charge is 0.307 e. The van der Waals surface area contributed by atoms with Crippen molar-refractivity contribution in [3.05, 3.63) is 28.2 Å². The van der Waals surface area contributed by atoms with Crippen LogP contribution in [-0.2, 0) is 15.0 Å². The topological polar surface area (TPSA) is 71.5 Å². The molecule has 108 valence electrons. The van der Waals surface area contributed by atoms with Gasteiger partial charge in [0.15, 0.2) is 5.78 Å². The Morgan fingerprint density at radius 3 is 2.60 bits per heavy atom. The lowest BCUT2D eigenvalue weighted by molar-refractivity contribution is -0.117. The van der Waals surface area contributed by atoms with Crippen LogP contribution in [0.15, 0.2) is 22.7 Å². The molecule has 1 aliphatic rings. The molecule has 1 aliphatic heterocycles. The van der Waals surface area contributed by atoms with Crippen molar-refractivity contribution in [1.82, 2.24) is 0 Å². The molecule has 5 nitrogen and oxygen atoms in total. The second-order valence-electron chi connectivity index (χ2n) is 4.53. The average molecular weight is 364 g/mol. The normalized spacial score (nSPS) is 19.4. The number of carbonyl (C=O) groups excluding carboxylic acids is 2.